The molecule has 0 spiro atoms. The summed E-state index contributed by atoms with van der Waals surface area (Å²) < 4.78 is 2.59. The van der Waals surface area contributed by atoms with Crippen molar-refractivity contribution in [1.29, 1.82) is 0 Å². The molecule has 0 radical (unpaired) electrons. The van der Waals surface area contributed by atoms with Gasteiger partial charge in [0.2, 0.25) is 0 Å². The van der Waals surface area contributed by atoms with E-state index in [1.54, 1.807) is 0 Å². The Balaban J connectivity index is 1.87. The maximum absolute atomic E-state index is 11.2. The van der Waals surface area contributed by atoms with Gasteiger partial charge < -0.3 is 0 Å². The van der Waals surface area contributed by atoms with E-state index < -0.39 is 6.10 Å². The van der Waals surface area contributed by atoms with Crippen LogP contribution in [0.15, 0.2) is 91.0 Å². The molecule has 1 heterocycles. The van der Waals surface area contributed by atoms with Crippen LogP contribution >= 0.6 is 0 Å². The molecule has 4 aromatic rings. The van der Waals surface area contributed by atoms with Gasteiger partial charge in [-0.2, -0.15) is 0 Å². The van der Waals surface area contributed by atoms with E-state index in [0.717, 1.165) is 16.7 Å². The van der Waals surface area contributed by atoms with Crippen LogP contribution in [0.5, 0.6) is 0 Å². The molecule has 3 aromatic carbocycles. The van der Waals surface area contributed by atoms with Crippen LogP contribution in [0.1, 0.15) is 22.8 Å². The van der Waals surface area contributed by atoms with Crippen LogP contribution in [0.4, 0.5) is 0 Å². The molecule has 1 unspecified atom stereocenters. The van der Waals surface area contributed by atoms with Crippen molar-refractivity contribution >= 4 is 14.5 Å². The second kappa shape index (κ2) is 7.47. The number of hydrogen-bond acceptors (Lipinski definition) is 1. The van der Waals surface area contributed by atoms with E-state index in [2.05, 4.69) is 67.6 Å². The van der Waals surface area contributed by atoms with Gasteiger partial charge in [0.1, 0.15) is 0 Å². The number of aliphatic hydroxyl groups excluding tert-OH is 1. The Hall–Kier alpha value is -2.38. The summed E-state index contributed by atoms with van der Waals surface area (Å²) in [4.78, 5) is 0. The third-order valence-electron chi connectivity index (χ3n) is 4.63. The van der Waals surface area contributed by atoms with E-state index in [9.17, 15) is 5.11 Å². The van der Waals surface area contributed by atoms with Crippen LogP contribution < -0.4 is 0 Å². The zero-order chi connectivity index (χ0) is 17.9. The molecule has 128 valence electrons. The molecule has 0 aliphatic rings. The fourth-order valence-electron chi connectivity index (χ4n) is 3.23. The summed E-state index contributed by atoms with van der Waals surface area (Å²) in [6.07, 6.45) is -0.602. The summed E-state index contributed by atoms with van der Waals surface area (Å²) in [6, 6.07) is 31.2. The average molecular weight is 403 g/mol. The standard InChI is InChI=1S/C24H20OSe/c1-17-10-8-9-15-20(17)23(25)21-16-22(18-11-4-2-5-12-18)26-24(21)19-13-6-3-7-14-19/h2-16,23,25H,1H3. The van der Waals surface area contributed by atoms with Gasteiger partial charge in [-0.3, -0.25) is 0 Å². The molecule has 0 amide bonds. The van der Waals surface area contributed by atoms with Gasteiger partial charge in [-0.1, -0.05) is 0 Å². The molecule has 0 saturated carbocycles. The number of aryl methyl sites for hydroxylation is 1. The average Bonchev–Trinajstić information content (AvgIpc) is 3.15. The number of aliphatic hydroxyl groups is 1. The first kappa shape index (κ1) is 17.1. The van der Waals surface area contributed by atoms with Crippen molar-refractivity contribution in [2.45, 2.75) is 13.0 Å². The van der Waals surface area contributed by atoms with Gasteiger partial charge in [0.15, 0.2) is 0 Å². The third-order valence-corrected chi connectivity index (χ3v) is 7.25. The van der Waals surface area contributed by atoms with Crippen LogP contribution in [-0.2, 0) is 0 Å². The molecule has 0 aliphatic carbocycles. The van der Waals surface area contributed by atoms with Crippen molar-refractivity contribution < 1.29 is 5.11 Å². The van der Waals surface area contributed by atoms with Gasteiger partial charge >= 0.3 is 160 Å². The minimum atomic E-state index is -0.602. The molecule has 1 N–H and O–H groups in total. The molecular formula is C24H20OSe. The Morgan fingerprint density at radius 2 is 1.27 bits per heavy atom. The van der Waals surface area contributed by atoms with Gasteiger partial charge in [-0.15, -0.1) is 0 Å². The summed E-state index contributed by atoms with van der Waals surface area (Å²) >= 11 is 0.168. The first-order chi connectivity index (χ1) is 12.7. The maximum atomic E-state index is 11.2. The Bertz CT molecular complexity index is 1000. The normalized spacial score (nSPS) is 12.1. The predicted octanol–water partition coefficient (Wildman–Crippen LogP) is 5.47. The fourth-order valence-corrected chi connectivity index (χ4v) is 5.75. The Kier molecular flexibility index (Phi) is 4.90. The van der Waals surface area contributed by atoms with E-state index in [4.69, 9.17) is 0 Å². The summed E-state index contributed by atoms with van der Waals surface area (Å²) in [5, 5.41) is 11.2. The zero-order valence-corrected chi connectivity index (χ0v) is 16.3. The van der Waals surface area contributed by atoms with Gasteiger partial charge in [0.05, 0.1) is 0 Å². The van der Waals surface area contributed by atoms with E-state index in [-0.39, 0.29) is 14.5 Å². The van der Waals surface area contributed by atoms with Crippen LogP contribution in [-0.4, -0.2) is 19.6 Å². The Morgan fingerprint density at radius 3 is 1.92 bits per heavy atom. The zero-order valence-electron chi connectivity index (χ0n) is 14.6. The van der Waals surface area contributed by atoms with Gasteiger partial charge in [-0.25, -0.2) is 0 Å². The van der Waals surface area contributed by atoms with E-state index in [0.29, 0.717) is 0 Å². The summed E-state index contributed by atoms with van der Waals surface area (Å²) in [5.74, 6) is 0. The van der Waals surface area contributed by atoms with Crippen molar-refractivity contribution in [2.75, 3.05) is 0 Å². The molecule has 1 aromatic heterocycles. The Morgan fingerprint density at radius 1 is 0.692 bits per heavy atom. The SMILES string of the molecule is Cc1ccccc1C(O)c1cc(-c2ccccc2)[se]c1-c1ccccc1. The molecule has 26 heavy (non-hydrogen) atoms. The molecule has 0 fully saturated rings. The van der Waals surface area contributed by atoms with Crippen LogP contribution in [0.3, 0.4) is 0 Å². The van der Waals surface area contributed by atoms with E-state index >= 15 is 0 Å². The second-order valence-corrected chi connectivity index (χ2v) is 8.59. The summed E-state index contributed by atoms with van der Waals surface area (Å²) in [5.41, 5.74) is 5.58. The summed E-state index contributed by atoms with van der Waals surface area (Å²) in [6.45, 7) is 2.06. The summed E-state index contributed by atoms with van der Waals surface area (Å²) in [7, 11) is 0. The fraction of sp³-hybridized carbons (Fsp3) is 0.0833. The van der Waals surface area contributed by atoms with E-state index in [1.165, 1.54) is 20.0 Å². The van der Waals surface area contributed by atoms with Crippen LogP contribution in [0.2, 0.25) is 0 Å². The Labute approximate surface area is 160 Å². The topological polar surface area (TPSA) is 20.2 Å². The van der Waals surface area contributed by atoms with Crippen LogP contribution in [0, 0.1) is 6.92 Å². The number of rotatable bonds is 4. The molecule has 1 atom stereocenters. The van der Waals surface area contributed by atoms with Crippen molar-refractivity contribution in [3.63, 3.8) is 0 Å². The molecule has 0 saturated heterocycles. The molecule has 1 nitrogen and oxygen atoms in total. The van der Waals surface area contributed by atoms with Crippen molar-refractivity contribution in [2.24, 2.45) is 0 Å². The van der Waals surface area contributed by atoms with Gasteiger partial charge in [-0.05, 0) is 0 Å². The first-order valence-electron chi connectivity index (χ1n) is 8.72. The van der Waals surface area contributed by atoms with Crippen molar-refractivity contribution in [1.82, 2.24) is 0 Å². The predicted molar refractivity (Wildman–Crippen MR) is 109 cm³/mol. The molecule has 4 rings (SSSR count). The third kappa shape index (κ3) is 3.32. The number of benzene rings is 3. The molecule has 2 heteroatoms. The second-order valence-electron chi connectivity index (χ2n) is 6.39. The van der Waals surface area contributed by atoms with E-state index in [1.807, 2.05) is 30.3 Å². The van der Waals surface area contributed by atoms with Gasteiger partial charge in [0.25, 0.3) is 0 Å². The molecule has 0 bridgehead atoms. The molecular weight excluding hydrogens is 383 g/mol. The number of hydrogen-bond donors (Lipinski definition) is 1. The monoisotopic (exact) mass is 404 g/mol. The quantitative estimate of drug-likeness (QED) is 0.448. The first-order valence-corrected chi connectivity index (χ1v) is 10.4. The minimum absolute atomic E-state index is 0.168. The molecule has 0 aliphatic heterocycles. The van der Waals surface area contributed by atoms with Crippen LogP contribution in [0.25, 0.3) is 20.0 Å². The van der Waals surface area contributed by atoms with Crippen molar-refractivity contribution in [3.05, 3.63) is 108 Å². The van der Waals surface area contributed by atoms with Crippen molar-refractivity contribution in [3.8, 4) is 20.0 Å². The van der Waals surface area contributed by atoms with Gasteiger partial charge in [0, 0.05) is 0 Å².